The van der Waals surface area contributed by atoms with Crippen LogP contribution in [-0.4, -0.2) is 41.2 Å². The molecule has 1 aromatic rings. The van der Waals surface area contributed by atoms with E-state index in [1.54, 1.807) is 24.0 Å². The molecular formula is C13H18N2O3. The van der Waals surface area contributed by atoms with Gasteiger partial charge in [-0.1, -0.05) is 12.1 Å². The Hall–Kier alpha value is -1.59. The molecular weight excluding hydrogens is 232 g/mol. The van der Waals surface area contributed by atoms with E-state index in [0.29, 0.717) is 25.4 Å². The van der Waals surface area contributed by atoms with Crippen LogP contribution in [0.4, 0.5) is 0 Å². The normalized spacial score (nSPS) is 17.2. The van der Waals surface area contributed by atoms with E-state index in [9.17, 15) is 9.90 Å². The van der Waals surface area contributed by atoms with Gasteiger partial charge in [-0.25, -0.2) is 0 Å². The standard InChI is InChI=1S/C13H18N2O3/c1-13(17)8-15(9-13)12(16)7-18-11-4-2-10(6-14)3-5-11/h2-5,17H,6-9,14H2,1H3. The molecule has 3 N–H and O–H groups in total. The summed E-state index contributed by atoms with van der Waals surface area (Å²) >= 11 is 0. The van der Waals surface area contributed by atoms with Crippen LogP contribution in [0, 0.1) is 0 Å². The second kappa shape index (κ2) is 4.96. The zero-order chi connectivity index (χ0) is 13.2. The van der Waals surface area contributed by atoms with Crippen LogP contribution < -0.4 is 10.5 Å². The number of carbonyl (C=O) groups is 1. The number of rotatable bonds is 4. The summed E-state index contributed by atoms with van der Waals surface area (Å²) in [5.41, 5.74) is 5.77. The largest absolute Gasteiger partial charge is 0.484 e. The smallest absolute Gasteiger partial charge is 0.260 e. The number of amides is 1. The van der Waals surface area contributed by atoms with Crippen LogP contribution in [-0.2, 0) is 11.3 Å². The molecule has 0 bridgehead atoms. The first kappa shape index (κ1) is 12.9. The van der Waals surface area contributed by atoms with E-state index in [0.717, 1.165) is 5.56 Å². The van der Waals surface area contributed by atoms with Crippen LogP contribution in [0.1, 0.15) is 12.5 Å². The van der Waals surface area contributed by atoms with Gasteiger partial charge in [-0.3, -0.25) is 4.79 Å². The van der Waals surface area contributed by atoms with Crippen LogP contribution in [0.25, 0.3) is 0 Å². The molecule has 2 rings (SSSR count). The number of hydrogen-bond donors (Lipinski definition) is 2. The van der Waals surface area contributed by atoms with Crippen LogP contribution >= 0.6 is 0 Å². The molecule has 1 heterocycles. The molecule has 5 heteroatoms. The monoisotopic (exact) mass is 250 g/mol. The van der Waals surface area contributed by atoms with E-state index < -0.39 is 5.60 Å². The lowest BCUT2D eigenvalue weighted by Crippen LogP contribution is -2.62. The summed E-state index contributed by atoms with van der Waals surface area (Å²) in [4.78, 5) is 13.3. The van der Waals surface area contributed by atoms with Crippen LogP contribution in [0.3, 0.4) is 0 Å². The number of carbonyl (C=O) groups excluding carboxylic acids is 1. The molecule has 98 valence electrons. The molecule has 0 aromatic heterocycles. The predicted molar refractivity (Wildman–Crippen MR) is 67.0 cm³/mol. The zero-order valence-electron chi connectivity index (χ0n) is 10.4. The Bertz CT molecular complexity index is 420. The SMILES string of the molecule is CC1(O)CN(C(=O)COc2ccc(CN)cc2)C1. The van der Waals surface area contributed by atoms with Crippen molar-refractivity contribution in [3.63, 3.8) is 0 Å². The lowest BCUT2D eigenvalue weighted by atomic mass is 9.97. The number of nitrogens with two attached hydrogens (primary N) is 1. The minimum Gasteiger partial charge on any atom is -0.484 e. The third kappa shape index (κ3) is 3.00. The maximum Gasteiger partial charge on any atom is 0.260 e. The summed E-state index contributed by atoms with van der Waals surface area (Å²) in [6, 6.07) is 7.33. The fraction of sp³-hybridized carbons (Fsp3) is 0.462. The van der Waals surface area contributed by atoms with E-state index >= 15 is 0 Å². The molecule has 0 unspecified atom stereocenters. The Balaban J connectivity index is 1.79. The Labute approximate surface area is 106 Å². The lowest BCUT2D eigenvalue weighted by Gasteiger charge is -2.43. The second-order valence-corrected chi connectivity index (χ2v) is 4.88. The fourth-order valence-corrected chi connectivity index (χ4v) is 1.91. The van der Waals surface area contributed by atoms with Gasteiger partial charge in [-0.15, -0.1) is 0 Å². The Kier molecular flexibility index (Phi) is 3.54. The van der Waals surface area contributed by atoms with Crippen molar-refractivity contribution in [3.8, 4) is 5.75 Å². The van der Waals surface area contributed by atoms with Crippen LogP contribution in [0.15, 0.2) is 24.3 Å². The van der Waals surface area contributed by atoms with Crippen LogP contribution in [0.2, 0.25) is 0 Å². The Morgan fingerprint density at radius 3 is 2.56 bits per heavy atom. The second-order valence-electron chi connectivity index (χ2n) is 4.88. The van der Waals surface area contributed by atoms with Crippen molar-refractivity contribution in [1.29, 1.82) is 0 Å². The van der Waals surface area contributed by atoms with Gasteiger partial charge in [-0.2, -0.15) is 0 Å². The molecule has 0 spiro atoms. The number of benzene rings is 1. The van der Waals surface area contributed by atoms with E-state index in [2.05, 4.69) is 0 Å². The molecule has 0 saturated carbocycles. The molecule has 0 aliphatic carbocycles. The van der Waals surface area contributed by atoms with Gasteiger partial charge in [0, 0.05) is 6.54 Å². The predicted octanol–water partition coefficient (Wildman–Crippen LogP) is 0.117. The fourth-order valence-electron chi connectivity index (χ4n) is 1.91. The third-order valence-electron chi connectivity index (χ3n) is 2.94. The quantitative estimate of drug-likeness (QED) is 0.795. The summed E-state index contributed by atoms with van der Waals surface area (Å²) < 4.78 is 5.38. The molecule has 1 aromatic carbocycles. The maximum atomic E-state index is 11.7. The number of ether oxygens (including phenoxy) is 1. The van der Waals surface area contributed by atoms with Crippen molar-refractivity contribution in [3.05, 3.63) is 29.8 Å². The number of β-amino-alcohol motifs (C(OH)–C–C–N with tert-alkyl or cyclic N) is 1. The van der Waals surface area contributed by atoms with Crippen molar-refractivity contribution in [1.82, 2.24) is 4.90 Å². The van der Waals surface area contributed by atoms with E-state index in [1.165, 1.54) is 0 Å². The average Bonchev–Trinajstić information content (AvgIpc) is 2.33. The van der Waals surface area contributed by atoms with Gasteiger partial charge in [0.05, 0.1) is 18.7 Å². The average molecular weight is 250 g/mol. The van der Waals surface area contributed by atoms with E-state index in [4.69, 9.17) is 10.5 Å². The van der Waals surface area contributed by atoms with E-state index in [-0.39, 0.29) is 12.5 Å². The van der Waals surface area contributed by atoms with Gasteiger partial charge in [0.1, 0.15) is 5.75 Å². The van der Waals surface area contributed by atoms with Gasteiger partial charge < -0.3 is 20.5 Å². The number of likely N-dealkylation sites (tertiary alicyclic amines) is 1. The topological polar surface area (TPSA) is 75.8 Å². The van der Waals surface area contributed by atoms with Crippen molar-refractivity contribution < 1.29 is 14.6 Å². The molecule has 1 aliphatic rings. The molecule has 0 radical (unpaired) electrons. The van der Waals surface area contributed by atoms with Gasteiger partial charge in [0.2, 0.25) is 0 Å². The molecule has 18 heavy (non-hydrogen) atoms. The first-order chi connectivity index (χ1) is 8.50. The Morgan fingerprint density at radius 1 is 1.44 bits per heavy atom. The Morgan fingerprint density at radius 2 is 2.06 bits per heavy atom. The van der Waals surface area contributed by atoms with E-state index in [1.807, 2.05) is 12.1 Å². The zero-order valence-corrected chi connectivity index (χ0v) is 10.4. The first-order valence-corrected chi connectivity index (χ1v) is 5.92. The summed E-state index contributed by atoms with van der Waals surface area (Å²) in [5.74, 6) is 0.539. The molecule has 5 nitrogen and oxygen atoms in total. The van der Waals surface area contributed by atoms with Crippen LogP contribution in [0.5, 0.6) is 5.75 Å². The molecule has 0 atom stereocenters. The lowest BCUT2D eigenvalue weighted by molar-refractivity contribution is -0.154. The summed E-state index contributed by atoms with van der Waals surface area (Å²) in [7, 11) is 0. The maximum absolute atomic E-state index is 11.7. The number of nitrogens with zero attached hydrogens (tertiary/aromatic N) is 1. The molecule has 1 fully saturated rings. The van der Waals surface area contributed by atoms with Crippen molar-refractivity contribution in [2.24, 2.45) is 5.73 Å². The number of hydrogen-bond acceptors (Lipinski definition) is 4. The summed E-state index contributed by atoms with van der Waals surface area (Å²) in [6.07, 6.45) is 0. The first-order valence-electron chi connectivity index (χ1n) is 5.92. The highest BCUT2D eigenvalue weighted by atomic mass is 16.5. The summed E-state index contributed by atoms with van der Waals surface area (Å²) in [5, 5.41) is 9.53. The molecule has 1 saturated heterocycles. The van der Waals surface area contributed by atoms with Crippen molar-refractivity contribution in [2.75, 3.05) is 19.7 Å². The molecule has 1 aliphatic heterocycles. The minimum absolute atomic E-state index is 0.00193. The van der Waals surface area contributed by atoms with Crippen molar-refractivity contribution in [2.45, 2.75) is 19.1 Å². The summed E-state index contributed by atoms with van der Waals surface area (Å²) in [6.45, 7) is 2.95. The highest BCUT2D eigenvalue weighted by molar-refractivity contribution is 5.78. The molecule has 1 amide bonds. The van der Waals surface area contributed by atoms with Gasteiger partial charge in [0.25, 0.3) is 5.91 Å². The minimum atomic E-state index is -0.738. The highest BCUT2D eigenvalue weighted by Gasteiger charge is 2.39. The third-order valence-corrected chi connectivity index (χ3v) is 2.94. The van der Waals surface area contributed by atoms with Gasteiger partial charge >= 0.3 is 0 Å². The number of aliphatic hydroxyl groups is 1. The van der Waals surface area contributed by atoms with Crippen molar-refractivity contribution >= 4 is 5.91 Å². The van der Waals surface area contributed by atoms with Gasteiger partial charge in [-0.05, 0) is 24.6 Å². The highest BCUT2D eigenvalue weighted by Crippen LogP contribution is 2.20. The van der Waals surface area contributed by atoms with Gasteiger partial charge in [0.15, 0.2) is 6.61 Å².